The van der Waals surface area contributed by atoms with Gasteiger partial charge in [0.25, 0.3) is 0 Å². The molecule has 11 heavy (non-hydrogen) atoms. The summed E-state index contributed by atoms with van der Waals surface area (Å²) < 4.78 is 0. The van der Waals surface area contributed by atoms with Gasteiger partial charge in [-0.15, -0.1) is 0 Å². The van der Waals surface area contributed by atoms with Crippen LogP contribution in [0, 0.1) is 0 Å². The smallest absolute Gasteiger partial charge is 0.0125 e. The number of thioether (sulfide) groups is 1. The molecule has 0 rings (SSSR count). The summed E-state index contributed by atoms with van der Waals surface area (Å²) in [4.78, 5) is 2.50. The van der Waals surface area contributed by atoms with Crippen molar-refractivity contribution in [2.45, 2.75) is 33.2 Å². The maximum atomic E-state index is 2.50. The molecule has 0 aliphatic rings. The lowest BCUT2D eigenvalue weighted by Crippen LogP contribution is -2.42. The van der Waals surface area contributed by atoms with Crippen molar-refractivity contribution in [3.8, 4) is 0 Å². The highest BCUT2D eigenvalue weighted by molar-refractivity contribution is 7.98. The van der Waals surface area contributed by atoms with Crippen LogP contribution in [0.3, 0.4) is 0 Å². The van der Waals surface area contributed by atoms with E-state index in [0.29, 0.717) is 5.54 Å². The van der Waals surface area contributed by atoms with E-state index in [2.05, 4.69) is 38.9 Å². The standard InChI is InChI=1S/C9H21NS/c1-6-10(7-8-11-5)9(2,3)4/h6-8H2,1-5H3. The molecule has 0 fully saturated rings. The van der Waals surface area contributed by atoms with Crippen LogP contribution in [0.4, 0.5) is 0 Å². The van der Waals surface area contributed by atoms with Gasteiger partial charge >= 0.3 is 0 Å². The Hall–Kier alpha value is 0.310. The fourth-order valence-corrected chi connectivity index (χ4v) is 1.57. The van der Waals surface area contributed by atoms with Crippen LogP contribution < -0.4 is 0 Å². The first-order valence-corrected chi connectivity index (χ1v) is 5.65. The summed E-state index contributed by atoms with van der Waals surface area (Å²) in [7, 11) is 0. The minimum atomic E-state index is 0.338. The minimum absolute atomic E-state index is 0.338. The highest BCUT2D eigenvalue weighted by atomic mass is 32.2. The molecular weight excluding hydrogens is 154 g/mol. The Balaban J connectivity index is 3.76. The number of nitrogens with zero attached hydrogens (tertiary/aromatic N) is 1. The Morgan fingerprint density at radius 2 is 1.82 bits per heavy atom. The molecular formula is C9H21NS. The van der Waals surface area contributed by atoms with Crippen molar-refractivity contribution in [1.29, 1.82) is 0 Å². The van der Waals surface area contributed by atoms with E-state index in [4.69, 9.17) is 0 Å². The van der Waals surface area contributed by atoms with Gasteiger partial charge in [-0.1, -0.05) is 6.92 Å². The zero-order valence-corrected chi connectivity index (χ0v) is 9.29. The topological polar surface area (TPSA) is 3.24 Å². The van der Waals surface area contributed by atoms with Gasteiger partial charge in [-0.2, -0.15) is 11.8 Å². The third-order valence-electron chi connectivity index (χ3n) is 1.90. The van der Waals surface area contributed by atoms with Gasteiger partial charge in [-0.25, -0.2) is 0 Å². The predicted octanol–water partition coefficient (Wildman–Crippen LogP) is 2.47. The van der Waals surface area contributed by atoms with Crippen molar-refractivity contribution >= 4 is 11.8 Å². The molecule has 0 aromatic rings. The zero-order valence-electron chi connectivity index (χ0n) is 8.48. The molecule has 0 N–H and O–H groups in total. The van der Waals surface area contributed by atoms with E-state index in [0.717, 1.165) is 6.54 Å². The van der Waals surface area contributed by atoms with Gasteiger partial charge in [-0.3, -0.25) is 4.90 Å². The Bertz CT molecular complexity index is 96.2. The second-order valence-corrected chi connectivity index (χ2v) is 4.73. The number of rotatable bonds is 4. The van der Waals surface area contributed by atoms with E-state index in [1.165, 1.54) is 12.3 Å². The number of hydrogen-bond acceptors (Lipinski definition) is 2. The highest BCUT2D eigenvalue weighted by Gasteiger charge is 2.18. The summed E-state index contributed by atoms with van der Waals surface area (Å²) in [6.07, 6.45) is 2.16. The van der Waals surface area contributed by atoms with E-state index in [1.807, 2.05) is 11.8 Å². The van der Waals surface area contributed by atoms with Crippen LogP contribution in [0.25, 0.3) is 0 Å². The van der Waals surface area contributed by atoms with Crippen molar-refractivity contribution in [3.05, 3.63) is 0 Å². The van der Waals surface area contributed by atoms with Crippen LogP contribution in [-0.2, 0) is 0 Å². The second kappa shape index (κ2) is 5.04. The van der Waals surface area contributed by atoms with Gasteiger partial charge in [0, 0.05) is 17.8 Å². The first-order chi connectivity index (χ1) is 5.02. The van der Waals surface area contributed by atoms with Crippen LogP contribution in [-0.4, -0.2) is 35.5 Å². The van der Waals surface area contributed by atoms with Gasteiger partial charge in [0.2, 0.25) is 0 Å². The summed E-state index contributed by atoms with van der Waals surface area (Å²) in [6, 6.07) is 0. The summed E-state index contributed by atoms with van der Waals surface area (Å²) in [5, 5.41) is 0. The van der Waals surface area contributed by atoms with Crippen molar-refractivity contribution in [2.75, 3.05) is 25.1 Å². The van der Waals surface area contributed by atoms with Crippen LogP contribution in [0.1, 0.15) is 27.7 Å². The molecule has 1 nitrogen and oxygen atoms in total. The lowest BCUT2D eigenvalue weighted by Gasteiger charge is -2.34. The predicted molar refractivity (Wildman–Crippen MR) is 55.4 cm³/mol. The maximum absolute atomic E-state index is 2.50. The lowest BCUT2D eigenvalue weighted by molar-refractivity contribution is 0.155. The molecule has 0 radical (unpaired) electrons. The van der Waals surface area contributed by atoms with E-state index >= 15 is 0 Å². The van der Waals surface area contributed by atoms with E-state index in [-0.39, 0.29) is 0 Å². The average Bonchev–Trinajstić information content (AvgIpc) is 1.87. The molecule has 0 unspecified atom stereocenters. The first kappa shape index (κ1) is 11.3. The Labute approximate surface area is 75.5 Å². The van der Waals surface area contributed by atoms with Crippen molar-refractivity contribution < 1.29 is 0 Å². The Morgan fingerprint density at radius 3 is 2.09 bits per heavy atom. The zero-order chi connectivity index (χ0) is 8.91. The molecule has 2 heteroatoms. The Kier molecular flexibility index (Phi) is 5.19. The highest BCUT2D eigenvalue weighted by Crippen LogP contribution is 2.12. The minimum Gasteiger partial charge on any atom is -0.298 e. The second-order valence-electron chi connectivity index (χ2n) is 3.74. The van der Waals surface area contributed by atoms with Crippen molar-refractivity contribution in [2.24, 2.45) is 0 Å². The molecule has 68 valence electrons. The normalized spacial score (nSPS) is 12.5. The summed E-state index contributed by atoms with van der Waals surface area (Å²) in [5.41, 5.74) is 0.338. The molecule has 0 amide bonds. The molecule has 0 aliphatic heterocycles. The van der Waals surface area contributed by atoms with Crippen LogP contribution in [0.5, 0.6) is 0 Å². The summed E-state index contributed by atoms with van der Waals surface area (Å²) >= 11 is 1.92. The number of hydrogen-bond donors (Lipinski definition) is 0. The quantitative estimate of drug-likeness (QED) is 0.646. The largest absolute Gasteiger partial charge is 0.298 e. The third kappa shape index (κ3) is 4.70. The van der Waals surface area contributed by atoms with Crippen LogP contribution >= 0.6 is 11.8 Å². The van der Waals surface area contributed by atoms with Crippen molar-refractivity contribution in [3.63, 3.8) is 0 Å². The SMILES string of the molecule is CCN(CCSC)C(C)(C)C. The van der Waals surface area contributed by atoms with Gasteiger partial charge in [-0.05, 0) is 33.6 Å². The van der Waals surface area contributed by atoms with E-state index in [1.54, 1.807) is 0 Å². The molecule has 0 heterocycles. The van der Waals surface area contributed by atoms with Crippen LogP contribution in [0.15, 0.2) is 0 Å². The molecule has 0 saturated carbocycles. The molecule has 0 atom stereocenters. The van der Waals surface area contributed by atoms with Gasteiger partial charge in [0.05, 0.1) is 0 Å². The first-order valence-electron chi connectivity index (χ1n) is 4.26. The molecule has 0 bridgehead atoms. The third-order valence-corrected chi connectivity index (χ3v) is 2.49. The maximum Gasteiger partial charge on any atom is 0.0125 e. The molecule has 0 spiro atoms. The summed E-state index contributed by atoms with van der Waals surface area (Å²) in [6.45, 7) is 11.4. The van der Waals surface area contributed by atoms with E-state index in [9.17, 15) is 0 Å². The average molecular weight is 175 g/mol. The lowest BCUT2D eigenvalue weighted by atomic mass is 10.1. The van der Waals surface area contributed by atoms with Gasteiger partial charge in [0.1, 0.15) is 0 Å². The van der Waals surface area contributed by atoms with Gasteiger partial charge in [0.15, 0.2) is 0 Å². The summed E-state index contributed by atoms with van der Waals surface area (Å²) in [5.74, 6) is 1.24. The van der Waals surface area contributed by atoms with Crippen LogP contribution in [0.2, 0.25) is 0 Å². The van der Waals surface area contributed by atoms with Crippen molar-refractivity contribution in [1.82, 2.24) is 4.90 Å². The van der Waals surface area contributed by atoms with E-state index < -0.39 is 0 Å². The molecule has 0 aliphatic carbocycles. The molecule has 0 aromatic carbocycles. The fraction of sp³-hybridized carbons (Fsp3) is 1.00. The molecule has 0 aromatic heterocycles. The molecule has 0 saturated heterocycles. The van der Waals surface area contributed by atoms with Gasteiger partial charge < -0.3 is 0 Å². The Morgan fingerprint density at radius 1 is 1.27 bits per heavy atom. The fourth-order valence-electron chi connectivity index (χ4n) is 1.17. The monoisotopic (exact) mass is 175 g/mol.